The Morgan fingerprint density at radius 1 is 1.23 bits per heavy atom. The normalized spacial score (nSPS) is 18.3. The molecule has 1 aromatic carbocycles. The summed E-state index contributed by atoms with van der Waals surface area (Å²) in [6.45, 7) is 3.07. The maximum absolute atomic E-state index is 14.1. The van der Waals surface area contributed by atoms with Crippen molar-refractivity contribution < 1.29 is 9.18 Å². The lowest BCUT2D eigenvalue weighted by molar-refractivity contribution is -0.129. The SMILES string of the molecule is CN(C)C(=O)Cn1c(=O)n(C)c(=O)c2c1cc(N1CCC[C@@](C)(N)C1)n2Cc1cc(F)ccc1Cl. The molecule has 4 rings (SSSR count). The first-order valence-electron chi connectivity index (χ1n) is 11.4. The number of carbonyl (C=O) groups is 1. The van der Waals surface area contributed by atoms with Crippen LogP contribution in [0, 0.1) is 5.82 Å². The number of nitrogens with two attached hydrogens (primary N) is 1. The van der Waals surface area contributed by atoms with E-state index in [1.54, 1.807) is 24.7 Å². The minimum Gasteiger partial charge on any atom is -0.356 e. The van der Waals surface area contributed by atoms with Crippen LogP contribution in [-0.4, -0.2) is 57.2 Å². The quantitative estimate of drug-likeness (QED) is 0.571. The van der Waals surface area contributed by atoms with Crippen molar-refractivity contribution in [2.45, 2.75) is 38.4 Å². The molecule has 1 aliphatic heterocycles. The number of fused-ring (bicyclic) bond motifs is 1. The van der Waals surface area contributed by atoms with Crippen LogP contribution >= 0.6 is 11.6 Å². The van der Waals surface area contributed by atoms with Crippen LogP contribution in [0.5, 0.6) is 0 Å². The molecule has 0 spiro atoms. The fourth-order valence-electron chi connectivity index (χ4n) is 4.63. The molecule has 1 fully saturated rings. The Bertz CT molecular complexity index is 1420. The standard InChI is InChI=1S/C24H30ClFN6O3/c1-24(27)8-5-9-30(14-24)19-11-18-21(32(19)12-15-10-16(26)6-7-17(15)25)22(34)29(4)23(35)31(18)13-20(33)28(2)3/h6-7,10-11H,5,8-9,12-14,27H2,1-4H3/t24-/m1/s1. The third-order valence-electron chi connectivity index (χ3n) is 6.55. The number of aromatic nitrogens is 3. The van der Waals surface area contributed by atoms with E-state index in [2.05, 4.69) is 4.90 Å². The van der Waals surface area contributed by atoms with E-state index in [0.29, 0.717) is 35.0 Å². The molecule has 1 amide bonds. The summed E-state index contributed by atoms with van der Waals surface area (Å²) in [5, 5.41) is 0.356. The molecule has 188 valence electrons. The third kappa shape index (κ3) is 4.72. The monoisotopic (exact) mass is 504 g/mol. The Labute approximate surface area is 207 Å². The van der Waals surface area contributed by atoms with E-state index in [1.165, 1.54) is 34.7 Å². The van der Waals surface area contributed by atoms with E-state index in [9.17, 15) is 18.8 Å². The molecular formula is C24H30ClFN6O3. The highest BCUT2D eigenvalue weighted by atomic mass is 35.5. The first-order valence-corrected chi connectivity index (χ1v) is 11.8. The van der Waals surface area contributed by atoms with Crippen molar-refractivity contribution in [3.05, 3.63) is 61.5 Å². The maximum Gasteiger partial charge on any atom is 0.331 e. The van der Waals surface area contributed by atoms with Gasteiger partial charge in [-0.15, -0.1) is 0 Å². The van der Waals surface area contributed by atoms with Gasteiger partial charge >= 0.3 is 5.69 Å². The van der Waals surface area contributed by atoms with E-state index in [4.69, 9.17) is 17.3 Å². The Kier molecular flexibility index (Phi) is 6.54. The lowest BCUT2D eigenvalue weighted by Crippen LogP contribution is -2.52. The van der Waals surface area contributed by atoms with E-state index in [0.717, 1.165) is 17.4 Å². The minimum atomic E-state index is -0.590. The van der Waals surface area contributed by atoms with Gasteiger partial charge in [0.25, 0.3) is 5.56 Å². The lowest BCUT2D eigenvalue weighted by Gasteiger charge is -2.39. The number of halogens is 2. The van der Waals surface area contributed by atoms with E-state index in [-0.39, 0.29) is 24.5 Å². The van der Waals surface area contributed by atoms with Gasteiger partial charge in [0.2, 0.25) is 5.91 Å². The first kappa shape index (κ1) is 25.0. The molecule has 0 radical (unpaired) electrons. The highest BCUT2D eigenvalue weighted by molar-refractivity contribution is 6.31. The van der Waals surface area contributed by atoms with Crippen LogP contribution in [0.2, 0.25) is 5.02 Å². The van der Waals surface area contributed by atoms with Crippen molar-refractivity contribution >= 4 is 34.4 Å². The molecule has 35 heavy (non-hydrogen) atoms. The minimum absolute atomic E-state index is 0.0995. The Morgan fingerprint density at radius 3 is 2.60 bits per heavy atom. The van der Waals surface area contributed by atoms with Crippen LogP contribution < -0.4 is 21.9 Å². The van der Waals surface area contributed by atoms with Gasteiger partial charge in [-0.1, -0.05) is 11.6 Å². The van der Waals surface area contributed by atoms with Crippen LogP contribution in [0.25, 0.3) is 11.0 Å². The van der Waals surface area contributed by atoms with Gasteiger partial charge in [0.05, 0.1) is 12.1 Å². The molecule has 1 saturated heterocycles. The molecular weight excluding hydrogens is 475 g/mol. The fraction of sp³-hybridized carbons (Fsp3) is 0.458. The van der Waals surface area contributed by atoms with Crippen LogP contribution in [-0.2, 0) is 24.9 Å². The second kappa shape index (κ2) is 9.16. The fourth-order valence-corrected chi connectivity index (χ4v) is 4.81. The molecule has 0 unspecified atom stereocenters. The van der Waals surface area contributed by atoms with E-state index < -0.39 is 22.6 Å². The van der Waals surface area contributed by atoms with Crippen molar-refractivity contribution in [1.82, 2.24) is 18.6 Å². The predicted molar refractivity (Wildman–Crippen MR) is 135 cm³/mol. The molecule has 9 nitrogen and oxygen atoms in total. The average molecular weight is 505 g/mol. The maximum atomic E-state index is 14.1. The highest BCUT2D eigenvalue weighted by Gasteiger charge is 2.30. The predicted octanol–water partition coefficient (Wildman–Crippen LogP) is 1.75. The molecule has 1 atom stereocenters. The van der Waals surface area contributed by atoms with Gasteiger partial charge in [-0.25, -0.2) is 9.18 Å². The Balaban J connectivity index is 2.01. The molecule has 2 aromatic heterocycles. The zero-order valence-electron chi connectivity index (χ0n) is 20.3. The van der Waals surface area contributed by atoms with Crippen molar-refractivity contribution in [3.63, 3.8) is 0 Å². The van der Waals surface area contributed by atoms with Gasteiger partial charge in [-0.2, -0.15) is 0 Å². The smallest absolute Gasteiger partial charge is 0.331 e. The van der Waals surface area contributed by atoms with Gasteiger partial charge in [0.15, 0.2) is 0 Å². The molecule has 0 bridgehead atoms. The average Bonchev–Trinajstić information content (AvgIpc) is 3.16. The first-order chi connectivity index (χ1) is 16.4. The number of hydrogen-bond donors (Lipinski definition) is 1. The lowest BCUT2D eigenvalue weighted by atomic mass is 9.92. The third-order valence-corrected chi connectivity index (χ3v) is 6.92. The number of likely N-dealkylation sites (N-methyl/N-ethyl adjacent to an activating group) is 1. The molecule has 2 N–H and O–H groups in total. The van der Waals surface area contributed by atoms with E-state index in [1.807, 2.05) is 6.92 Å². The second-order valence-electron chi connectivity index (χ2n) is 9.76. The van der Waals surface area contributed by atoms with Crippen LogP contribution in [0.15, 0.2) is 33.9 Å². The van der Waals surface area contributed by atoms with Gasteiger partial charge in [-0.05, 0) is 43.5 Å². The van der Waals surface area contributed by atoms with Gasteiger partial charge in [-0.3, -0.25) is 18.7 Å². The van der Waals surface area contributed by atoms with Crippen molar-refractivity contribution in [2.24, 2.45) is 12.8 Å². The molecule has 3 aromatic rings. The summed E-state index contributed by atoms with van der Waals surface area (Å²) in [5.41, 5.74) is 5.97. The largest absolute Gasteiger partial charge is 0.356 e. The zero-order chi connectivity index (χ0) is 25.7. The van der Waals surface area contributed by atoms with Crippen LogP contribution in [0.3, 0.4) is 0 Å². The highest BCUT2D eigenvalue weighted by Crippen LogP contribution is 2.31. The number of carbonyl (C=O) groups excluding carboxylic acids is 1. The summed E-state index contributed by atoms with van der Waals surface area (Å²) >= 11 is 6.38. The van der Waals surface area contributed by atoms with Crippen LogP contribution in [0.4, 0.5) is 10.2 Å². The van der Waals surface area contributed by atoms with Crippen molar-refractivity contribution in [1.29, 1.82) is 0 Å². The Morgan fingerprint density at radius 2 is 1.94 bits per heavy atom. The molecule has 3 heterocycles. The number of rotatable bonds is 5. The number of piperidine rings is 1. The summed E-state index contributed by atoms with van der Waals surface area (Å²) < 4.78 is 18.1. The molecule has 1 aliphatic rings. The van der Waals surface area contributed by atoms with Gasteiger partial charge in [0, 0.05) is 50.9 Å². The van der Waals surface area contributed by atoms with Gasteiger partial charge < -0.3 is 20.1 Å². The summed E-state index contributed by atoms with van der Waals surface area (Å²) in [4.78, 5) is 42.4. The second-order valence-corrected chi connectivity index (χ2v) is 10.2. The number of nitrogens with zero attached hydrogens (tertiary/aromatic N) is 5. The van der Waals surface area contributed by atoms with Crippen LogP contribution in [0.1, 0.15) is 25.3 Å². The van der Waals surface area contributed by atoms with Gasteiger partial charge in [0.1, 0.15) is 23.7 Å². The number of benzene rings is 1. The summed E-state index contributed by atoms with van der Waals surface area (Å²) in [6.07, 6.45) is 1.70. The number of anilines is 1. The molecule has 11 heteroatoms. The van der Waals surface area contributed by atoms with E-state index >= 15 is 0 Å². The molecule has 0 aliphatic carbocycles. The zero-order valence-corrected chi connectivity index (χ0v) is 21.1. The Hall–Kier alpha value is -3.11. The topological polar surface area (TPSA) is 98.5 Å². The summed E-state index contributed by atoms with van der Waals surface area (Å²) in [5.74, 6) is -0.0798. The summed E-state index contributed by atoms with van der Waals surface area (Å²) in [7, 11) is 4.58. The van der Waals surface area contributed by atoms with Crippen molar-refractivity contribution in [3.8, 4) is 0 Å². The number of hydrogen-bond acceptors (Lipinski definition) is 5. The molecule has 0 saturated carbocycles. The van der Waals surface area contributed by atoms with Crippen molar-refractivity contribution in [2.75, 3.05) is 32.1 Å². The summed E-state index contributed by atoms with van der Waals surface area (Å²) in [6, 6.07) is 5.82. The number of amides is 1.